The van der Waals surface area contributed by atoms with Gasteiger partial charge in [0.1, 0.15) is 4.88 Å². The number of likely N-dealkylation sites (tertiary alicyclic amines) is 1. The zero-order valence-electron chi connectivity index (χ0n) is 12.7. The summed E-state index contributed by atoms with van der Waals surface area (Å²) in [7, 11) is 1.28. The van der Waals surface area contributed by atoms with Crippen molar-refractivity contribution in [3.63, 3.8) is 0 Å². The molecular weight excluding hydrogens is 320 g/mol. The van der Waals surface area contributed by atoms with Gasteiger partial charge in [-0.1, -0.05) is 6.42 Å². The third kappa shape index (κ3) is 2.56. The van der Waals surface area contributed by atoms with Crippen molar-refractivity contribution >= 4 is 35.0 Å². The molecule has 0 unspecified atom stereocenters. The van der Waals surface area contributed by atoms with E-state index in [-0.39, 0.29) is 18.5 Å². The van der Waals surface area contributed by atoms with Gasteiger partial charge in [-0.25, -0.2) is 9.59 Å². The number of esters is 1. The summed E-state index contributed by atoms with van der Waals surface area (Å²) in [5, 5.41) is 14.0. The molecule has 7 nitrogen and oxygen atoms in total. The number of thiophene rings is 1. The van der Waals surface area contributed by atoms with Crippen molar-refractivity contribution < 1.29 is 24.2 Å². The highest BCUT2D eigenvalue weighted by molar-refractivity contribution is 7.12. The molecule has 1 aliphatic heterocycles. The Morgan fingerprint density at radius 3 is 2.91 bits per heavy atom. The minimum Gasteiger partial charge on any atom is -0.481 e. The summed E-state index contributed by atoms with van der Waals surface area (Å²) in [4.78, 5) is 37.6. The largest absolute Gasteiger partial charge is 0.481 e. The Bertz CT molecular complexity index is 658. The lowest BCUT2D eigenvalue weighted by Crippen LogP contribution is -2.38. The zero-order valence-corrected chi connectivity index (χ0v) is 13.5. The molecule has 2 fully saturated rings. The van der Waals surface area contributed by atoms with Gasteiger partial charge in [-0.05, 0) is 30.2 Å². The Hall–Kier alpha value is -2.09. The first-order valence-corrected chi connectivity index (χ1v) is 8.31. The van der Waals surface area contributed by atoms with Crippen molar-refractivity contribution in [2.75, 3.05) is 25.5 Å². The van der Waals surface area contributed by atoms with Crippen LogP contribution in [0.3, 0.4) is 0 Å². The Morgan fingerprint density at radius 1 is 1.48 bits per heavy atom. The minimum atomic E-state index is -0.818. The first-order valence-electron chi connectivity index (χ1n) is 7.43. The van der Waals surface area contributed by atoms with E-state index < -0.39 is 17.4 Å². The fourth-order valence-corrected chi connectivity index (χ4v) is 4.41. The predicted octanol–water partition coefficient (Wildman–Crippen LogP) is 2.25. The zero-order chi connectivity index (χ0) is 16.6. The number of ether oxygens (including phenoxy) is 1. The van der Waals surface area contributed by atoms with Crippen LogP contribution in [0.1, 0.15) is 28.9 Å². The summed E-state index contributed by atoms with van der Waals surface area (Å²) < 4.78 is 4.68. The SMILES string of the molecule is COC(=O)c1sccc1NC(=O)N1C[C@@H]2CCC[C@@]2(C(=O)O)C1. The van der Waals surface area contributed by atoms with Crippen LogP contribution in [0.2, 0.25) is 0 Å². The van der Waals surface area contributed by atoms with Crippen LogP contribution in [0.4, 0.5) is 10.5 Å². The maximum Gasteiger partial charge on any atom is 0.350 e. The van der Waals surface area contributed by atoms with E-state index in [1.807, 2.05) is 0 Å². The van der Waals surface area contributed by atoms with E-state index in [9.17, 15) is 19.5 Å². The number of hydrogen-bond acceptors (Lipinski definition) is 5. The first-order chi connectivity index (χ1) is 11.0. The lowest BCUT2D eigenvalue weighted by molar-refractivity contribution is -0.149. The van der Waals surface area contributed by atoms with Gasteiger partial charge in [0.2, 0.25) is 0 Å². The number of anilines is 1. The van der Waals surface area contributed by atoms with Crippen LogP contribution in [0.15, 0.2) is 11.4 Å². The van der Waals surface area contributed by atoms with E-state index in [0.29, 0.717) is 23.5 Å². The number of fused-ring (bicyclic) bond motifs is 1. The Balaban J connectivity index is 1.72. The standard InChI is InChI=1S/C15H18N2O5S/c1-22-12(18)11-10(4-6-23-11)16-14(21)17-7-9-3-2-5-15(9,8-17)13(19)20/h4,6,9H,2-3,5,7-8H2,1H3,(H,16,21)(H,19,20)/t9-,15+/m0/s1. The van der Waals surface area contributed by atoms with Gasteiger partial charge in [-0.3, -0.25) is 4.79 Å². The molecule has 23 heavy (non-hydrogen) atoms. The van der Waals surface area contributed by atoms with Crippen molar-refractivity contribution in [2.24, 2.45) is 11.3 Å². The number of carboxylic acids is 1. The molecule has 124 valence electrons. The van der Waals surface area contributed by atoms with Gasteiger partial charge in [0.15, 0.2) is 0 Å². The van der Waals surface area contributed by atoms with Crippen molar-refractivity contribution in [3.8, 4) is 0 Å². The Morgan fingerprint density at radius 2 is 2.26 bits per heavy atom. The number of nitrogens with one attached hydrogen (secondary N) is 1. The van der Waals surface area contributed by atoms with Crippen molar-refractivity contribution in [3.05, 3.63) is 16.3 Å². The Kier molecular flexibility index (Phi) is 4.01. The molecule has 0 spiro atoms. The summed E-state index contributed by atoms with van der Waals surface area (Å²) in [5.74, 6) is -1.31. The van der Waals surface area contributed by atoms with E-state index >= 15 is 0 Å². The summed E-state index contributed by atoms with van der Waals surface area (Å²) >= 11 is 1.19. The maximum absolute atomic E-state index is 12.4. The molecule has 2 heterocycles. The molecule has 2 amide bonds. The molecular formula is C15H18N2O5S. The van der Waals surface area contributed by atoms with Crippen LogP contribution in [0.5, 0.6) is 0 Å². The summed E-state index contributed by atoms with van der Waals surface area (Å²) in [6, 6.07) is 1.27. The number of amides is 2. The quantitative estimate of drug-likeness (QED) is 0.824. The highest BCUT2D eigenvalue weighted by atomic mass is 32.1. The second-order valence-electron chi connectivity index (χ2n) is 6.02. The van der Waals surface area contributed by atoms with Crippen LogP contribution < -0.4 is 5.32 Å². The topological polar surface area (TPSA) is 95.9 Å². The fraction of sp³-hybridized carbons (Fsp3) is 0.533. The molecule has 3 rings (SSSR count). The van der Waals surface area contributed by atoms with Gasteiger partial charge in [0.25, 0.3) is 0 Å². The van der Waals surface area contributed by atoms with Gasteiger partial charge >= 0.3 is 18.0 Å². The van der Waals surface area contributed by atoms with Crippen molar-refractivity contribution in [1.82, 2.24) is 4.90 Å². The van der Waals surface area contributed by atoms with Crippen molar-refractivity contribution in [1.29, 1.82) is 0 Å². The van der Waals surface area contributed by atoms with Gasteiger partial charge < -0.3 is 20.1 Å². The molecule has 1 saturated carbocycles. The number of methoxy groups -OCH3 is 1. The molecule has 2 aliphatic rings. The second-order valence-corrected chi connectivity index (χ2v) is 6.93. The van der Waals surface area contributed by atoms with Crippen LogP contribution >= 0.6 is 11.3 Å². The number of urea groups is 1. The summed E-state index contributed by atoms with van der Waals surface area (Å²) in [6.07, 6.45) is 2.34. The van der Waals surface area contributed by atoms with E-state index in [0.717, 1.165) is 12.8 Å². The highest BCUT2D eigenvalue weighted by Crippen LogP contribution is 2.49. The van der Waals surface area contributed by atoms with Gasteiger partial charge in [-0.2, -0.15) is 0 Å². The Labute approximate surface area is 137 Å². The van der Waals surface area contributed by atoms with Crippen LogP contribution in [-0.2, 0) is 9.53 Å². The van der Waals surface area contributed by atoms with E-state index in [4.69, 9.17) is 0 Å². The number of carbonyl (C=O) groups excluding carboxylic acids is 2. The van der Waals surface area contributed by atoms with E-state index in [1.54, 1.807) is 11.4 Å². The number of rotatable bonds is 3. The van der Waals surface area contributed by atoms with Crippen molar-refractivity contribution in [2.45, 2.75) is 19.3 Å². The number of aliphatic carboxylic acids is 1. The molecule has 0 bridgehead atoms. The highest BCUT2D eigenvalue weighted by Gasteiger charge is 2.55. The molecule has 1 aromatic rings. The third-order valence-corrected chi connectivity index (χ3v) is 5.76. The molecule has 8 heteroatoms. The van der Waals surface area contributed by atoms with Crippen LogP contribution in [-0.4, -0.2) is 48.2 Å². The maximum atomic E-state index is 12.4. The number of carboxylic acid groups (broad SMARTS) is 1. The van der Waals surface area contributed by atoms with Gasteiger partial charge in [0.05, 0.1) is 18.2 Å². The fourth-order valence-electron chi connectivity index (χ4n) is 3.65. The number of nitrogens with zero attached hydrogens (tertiary/aromatic N) is 1. The average molecular weight is 338 g/mol. The molecule has 1 aliphatic carbocycles. The molecule has 2 N–H and O–H groups in total. The third-order valence-electron chi connectivity index (χ3n) is 4.86. The number of carbonyl (C=O) groups is 3. The van der Waals surface area contributed by atoms with Gasteiger partial charge in [-0.15, -0.1) is 11.3 Å². The molecule has 0 aromatic carbocycles. The lowest BCUT2D eigenvalue weighted by Gasteiger charge is -2.23. The summed E-state index contributed by atoms with van der Waals surface area (Å²) in [5.41, 5.74) is -0.412. The van der Waals surface area contributed by atoms with Crippen LogP contribution in [0.25, 0.3) is 0 Å². The number of hydrogen-bond donors (Lipinski definition) is 2. The monoisotopic (exact) mass is 338 g/mol. The molecule has 1 aromatic heterocycles. The predicted molar refractivity (Wildman–Crippen MR) is 83.7 cm³/mol. The normalized spacial score (nSPS) is 26.0. The smallest absolute Gasteiger partial charge is 0.350 e. The minimum absolute atomic E-state index is 0.00769. The molecule has 0 radical (unpaired) electrons. The summed E-state index contributed by atoms with van der Waals surface area (Å²) in [6.45, 7) is 0.659. The van der Waals surface area contributed by atoms with Gasteiger partial charge in [0, 0.05) is 13.1 Å². The van der Waals surface area contributed by atoms with Crippen LogP contribution in [0, 0.1) is 11.3 Å². The first kappa shape index (κ1) is 15.8. The second kappa shape index (κ2) is 5.84. The van der Waals surface area contributed by atoms with E-state index in [1.165, 1.54) is 23.3 Å². The molecule has 2 atom stereocenters. The molecule has 1 saturated heterocycles. The lowest BCUT2D eigenvalue weighted by atomic mass is 9.81. The average Bonchev–Trinajstić information content (AvgIpc) is 3.19. The van der Waals surface area contributed by atoms with E-state index in [2.05, 4.69) is 10.1 Å².